The molecule has 0 radical (unpaired) electrons. The van der Waals surface area contributed by atoms with Crippen molar-refractivity contribution in [1.82, 2.24) is 9.97 Å². The van der Waals surface area contributed by atoms with E-state index >= 15 is 0 Å². The molecule has 0 aliphatic carbocycles. The summed E-state index contributed by atoms with van der Waals surface area (Å²) in [5.41, 5.74) is 0.481. The van der Waals surface area contributed by atoms with Gasteiger partial charge in [-0.3, -0.25) is 9.59 Å². The lowest BCUT2D eigenvalue weighted by Gasteiger charge is -2.15. The Kier molecular flexibility index (Phi) is 4.51. The molecule has 2 aromatic carbocycles. The van der Waals surface area contributed by atoms with Gasteiger partial charge in [-0.2, -0.15) is 13.2 Å². The van der Waals surface area contributed by atoms with Crippen LogP contribution in [0.3, 0.4) is 0 Å². The lowest BCUT2D eigenvalue weighted by atomic mass is 10.0. The number of fused-ring (bicyclic) bond motifs is 1. The summed E-state index contributed by atoms with van der Waals surface area (Å²) in [6.45, 7) is 4.63. The molecular weight excluding hydrogens is 359 g/mol. The number of rotatable bonds is 2. The number of nitrogens with zero attached hydrogens (tertiary/aromatic N) is 1. The van der Waals surface area contributed by atoms with Crippen molar-refractivity contribution in [2.75, 3.05) is 5.32 Å². The first-order valence-electron chi connectivity index (χ1n) is 8.07. The Morgan fingerprint density at radius 2 is 1.70 bits per heavy atom. The number of aromatic nitrogens is 2. The van der Waals surface area contributed by atoms with Gasteiger partial charge in [0.15, 0.2) is 0 Å². The highest BCUT2D eigenvalue weighted by Gasteiger charge is 2.31. The molecule has 0 atom stereocenters. The average molecular weight is 375 g/mol. The second-order valence-electron chi connectivity index (χ2n) is 6.32. The summed E-state index contributed by atoms with van der Waals surface area (Å²) in [4.78, 5) is 31.2. The third-order valence-electron chi connectivity index (χ3n) is 4.19. The zero-order chi connectivity index (χ0) is 19.9. The number of carbonyl (C=O) groups excluding carboxylic acids is 1. The van der Waals surface area contributed by atoms with Crippen LogP contribution in [0.5, 0.6) is 0 Å². The summed E-state index contributed by atoms with van der Waals surface area (Å²) < 4.78 is 38.7. The molecule has 1 aromatic heterocycles. The fraction of sp³-hybridized carbons (Fsp3) is 0.211. The number of carbonyl (C=O) groups is 1. The van der Waals surface area contributed by atoms with Crippen molar-refractivity contribution in [1.29, 1.82) is 0 Å². The summed E-state index contributed by atoms with van der Waals surface area (Å²) in [6, 6.07) is 6.42. The van der Waals surface area contributed by atoms with Crippen LogP contribution in [0.25, 0.3) is 10.9 Å². The van der Waals surface area contributed by atoms with Crippen molar-refractivity contribution in [3.8, 4) is 0 Å². The van der Waals surface area contributed by atoms with Gasteiger partial charge >= 0.3 is 6.18 Å². The number of hydrogen-bond donors (Lipinski definition) is 2. The first kappa shape index (κ1) is 18.6. The molecule has 5 nitrogen and oxygen atoms in total. The van der Waals surface area contributed by atoms with Gasteiger partial charge < -0.3 is 10.3 Å². The van der Waals surface area contributed by atoms with Crippen molar-refractivity contribution in [3.63, 3.8) is 0 Å². The predicted octanol–water partition coefficient (Wildman–Crippen LogP) is 4.12. The van der Waals surface area contributed by atoms with E-state index in [1.165, 1.54) is 32.0 Å². The fourth-order valence-corrected chi connectivity index (χ4v) is 2.91. The van der Waals surface area contributed by atoms with Gasteiger partial charge in [0, 0.05) is 11.3 Å². The van der Waals surface area contributed by atoms with E-state index in [0.717, 1.165) is 12.1 Å². The molecule has 0 aliphatic heterocycles. The number of aromatic amines is 1. The number of alkyl halides is 3. The first-order valence-corrected chi connectivity index (χ1v) is 8.07. The number of amides is 1. The number of benzene rings is 2. The van der Waals surface area contributed by atoms with Crippen molar-refractivity contribution < 1.29 is 18.0 Å². The quantitative estimate of drug-likeness (QED) is 0.708. The van der Waals surface area contributed by atoms with E-state index in [4.69, 9.17) is 0 Å². The molecule has 0 saturated carbocycles. The first-order chi connectivity index (χ1) is 12.6. The Morgan fingerprint density at radius 3 is 2.30 bits per heavy atom. The molecular formula is C19H16F3N3O2. The third kappa shape index (κ3) is 3.69. The maximum absolute atomic E-state index is 12.9. The highest BCUT2D eigenvalue weighted by Crippen LogP contribution is 2.33. The number of H-pyrrole nitrogens is 1. The third-order valence-corrected chi connectivity index (χ3v) is 4.19. The van der Waals surface area contributed by atoms with Crippen LogP contribution in [0.4, 0.5) is 18.9 Å². The molecule has 0 spiro atoms. The molecule has 1 heterocycles. The number of nitrogens with one attached hydrogen (secondary N) is 2. The smallest absolute Gasteiger partial charge is 0.322 e. The Bertz CT molecular complexity index is 1090. The number of aryl methyl sites for hydroxylation is 3. The normalized spacial score (nSPS) is 11.6. The van der Waals surface area contributed by atoms with Gasteiger partial charge in [0.2, 0.25) is 0 Å². The summed E-state index contributed by atoms with van der Waals surface area (Å²) in [5.74, 6) is -0.0814. The van der Waals surface area contributed by atoms with Gasteiger partial charge in [-0.05, 0) is 62.2 Å². The highest BCUT2D eigenvalue weighted by molar-refractivity contribution is 6.06. The van der Waals surface area contributed by atoms with Crippen molar-refractivity contribution in [2.24, 2.45) is 0 Å². The van der Waals surface area contributed by atoms with Gasteiger partial charge in [-0.15, -0.1) is 0 Å². The molecule has 0 fully saturated rings. The molecule has 0 saturated heterocycles. The van der Waals surface area contributed by atoms with E-state index in [-0.39, 0.29) is 11.1 Å². The number of hydrogen-bond acceptors (Lipinski definition) is 3. The summed E-state index contributed by atoms with van der Waals surface area (Å²) >= 11 is 0. The Morgan fingerprint density at radius 1 is 1.07 bits per heavy atom. The van der Waals surface area contributed by atoms with Crippen LogP contribution in [0.15, 0.2) is 35.1 Å². The fourth-order valence-electron chi connectivity index (χ4n) is 2.91. The average Bonchev–Trinajstić information content (AvgIpc) is 2.56. The van der Waals surface area contributed by atoms with Crippen LogP contribution in [-0.4, -0.2) is 15.9 Å². The van der Waals surface area contributed by atoms with E-state index in [1.54, 1.807) is 6.92 Å². The molecule has 2 N–H and O–H groups in total. The van der Waals surface area contributed by atoms with Crippen LogP contribution in [0.1, 0.15) is 32.9 Å². The van der Waals surface area contributed by atoms with Gasteiger partial charge in [0.1, 0.15) is 5.82 Å². The van der Waals surface area contributed by atoms with E-state index in [9.17, 15) is 22.8 Å². The van der Waals surface area contributed by atoms with E-state index < -0.39 is 17.6 Å². The predicted molar refractivity (Wildman–Crippen MR) is 96.0 cm³/mol. The summed E-state index contributed by atoms with van der Waals surface area (Å²) in [7, 11) is 0. The molecule has 3 aromatic rings. The lowest BCUT2D eigenvalue weighted by Crippen LogP contribution is -2.16. The van der Waals surface area contributed by atoms with Crippen molar-refractivity contribution in [2.45, 2.75) is 26.9 Å². The lowest BCUT2D eigenvalue weighted by molar-refractivity contribution is -0.137. The molecule has 27 heavy (non-hydrogen) atoms. The molecule has 140 valence electrons. The Labute approximate surface area is 152 Å². The SMILES string of the molecule is Cc1nc2cc(C(=O)Nc3c(C)cc(C(F)(F)F)cc3C)ccc2c(=O)[nH]1. The maximum atomic E-state index is 12.9. The van der Waals surface area contributed by atoms with Crippen LogP contribution >= 0.6 is 0 Å². The zero-order valence-electron chi connectivity index (χ0n) is 14.8. The molecule has 0 aliphatic rings. The van der Waals surface area contributed by atoms with E-state index in [1.807, 2.05) is 0 Å². The molecule has 3 rings (SSSR count). The number of halogens is 3. The molecule has 1 amide bonds. The topological polar surface area (TPSA) is 74.8 Å². The largest absolute Gasteiger partial charge is 0.416 e. The van der Waals surface area contributed by atoms with Crippen LogP contribution < -0.4 is 10.9 Å². The minimum absolute atomic E-state index is 0.249. The summed E-state index contributed by atoms with van der Waals surface area (Å²) in [5, 5.41) is 2.99. The molecule has 8 heteroatoms. The number of anilines is 1. The zero-order valence-corrected chi connectivity index (χ0v) is 14.8. The van der Waals surface area contributed by atoms with Gasteiger partial charge in [0.25, 0.3) is 11.5 Å². The standard InChI is InChI=1S/C19H16F3N3O2/c1-9-6-13(19(20,21)22)7-10(2)16(9)25-17(26)12-4-5-14-15(8-12)23-11(3)24-18(14)27/h4-8H,1-3H3,(H,25,26)(H,23,24,27). The minimum atomic E-state index is -4.45. The minimum Gasteiger partial charge on any atom is -0.322 e. The summed E-state index contributed by atoms with van der Waals surface area (Å²) in [6.07, 6.45) is -4.45. The van der Waals surface area contributed by atoms with Crippen LogP contribution in [0, 0.1) is 20.8 Å². The van der Waals surface area contributed by atoms with Crippen molar-refractivity contribution in [3.05, 3.63) is 68.8 Å². The second-order valence-corrected chi connectivity index (χ2v) is 6.32. The van der Waals surface area contributed by atoms with Gasteiger partial charge in [0.05, 0.1) is 16.5 Å². The Balaban J connectivity index is 1.96. The van der Waals surface area contributed by atoms with Gasteiger partial charge in [-0.25, -0.2) is 4.98 Å². The molecule has 0 unspecified atom stereocenters. The molecule has 0 bridgehead atoms. The van der Waals surface area contributed by atoms with Crippen LogP contribution in [0.2, 0.25) is 0 Å². The maximum Gasteiger partial charge on any atom is 0.416 e. The monoisotopic (exact) mass is 375 g/mol. The van der Waals surface area contributed by atoms with Crippen molar-refractivity contribution >= 4 is 22.5 Å². The van der Waals surface area contributed by atoms with Gasteiger partial charge in [-0.1, -0.05) is 0 Å². The van der Waals surface area contributed by atoms with Crippen LogP contribution in [-0.2, 0) is 6.18 Å². The van der Waals surface area contributed by atoms with E-state index in [0.29, 0.717) is 33.5 Å². The highest BCUT2D eigenvalue weighted by atomic mass is 19.4. The second kappa shape index (κ2) is 6.53. The van der Waals surface area contributed by atoms with E-state index in [2.05, 4.69) is 15.3 Å². The Hall–Kier alpha value is -3.16.